The van der Waals surface area contributed by atoms with Gasteiger partial charge in [-0.05, 0) is 36.2 Å². The van der Waals surface area contributed by atoms with Gasteiger partial charge in [0.15, 0.2) is 0 Å². The van der Waals surface area contributed by atoms with Crippen LogP contribution in [-0.4, -0.2) is 13.6 Å². The fourth-order valence-corrected chi connectivity index (χ4v) is 2.48. The largest absolute Gasteiger partial charge is 0.366 e. The third kappa shape index (κ3) is 2.94. The number of para-hydroxylation sites is 1. The van der Waals surface area contributed by atoms with Gasteiger partial charge < -0.3 is 10.6 Å². The Hall–Kier alpha value is -1.58. The highest BCUT2D eigenvalue weighted by atomic mass is 35.5. The maximum absolute atomic E-state index is 13.6. The molecule has 2 N–H and O–H groups in total. The van der Waals surface area contributed by atoms with Gasteiger partial charge in [-0.3, -0.25) is 0 Å². The first-order chi connectivity index (χ1) is 9.54. The minimum Gasteiger partial charge on any atom is -0.366 e. The highest BCUT2D eigenvalue weighted by Gasteiger charge is 2.18. The molecule has 0 heterocycles. The fraction of sp³-hybridized carbons (Fsp3) is 0.250. The van der Waals surface area contributed by atoms with E-state index < -0.39 is 5.82 Å². The van der Waals surface area contributed by atoms with E-state index in [0.29, 0.717) is 6.54 Å². The number of likely N-dealkylation sites (N-methyl/N-ethyl adjacent to an activating group) is 1. The molecule has 4 heteroatoms. The molecule has 2 aromatic rings. The van der Waals surface area contributed by atoms with E-state index in [9.17, 15) is 4.39 Å². The van der Waals surface area contributed by atoms with Crippen molar-refractivity contribution in [1.82, 2.24) is 0 Å². The van der Waals surface area contributed by atoms with Crippen LogP contribution in [0.2, 0.25) is 5.02 Å². The highest BCUT2D eigenvalue weighted by Crippen LogP contribution is 2.29. The van der Waals surface area contributed by atoms with Crippen LogP contribution in [0.1, 0.15) is 17.2 Å². The molecule has 1 atom stereocenters. The molecule has 0 saturated carbocycles. The SMILES string of the molecule is Cc1ccccc1N(C)C(CN)c1ccc(Cl)c(F)c1. The maximum Gasteiger partial charge on any atom is 0.142 e. The average molecular weight is 293 g/mol. The Morgan fingerprint density at radius 2 is 1.95 bits per heavy atom. The van der Waals surface area contributed by atoms with Gasteiger partial charge in [-0.15, -0.1) is 0 Å². The number of nitrogens with zero attached hydrogens (tertiary/aromatic N) is 1. The van der Waals surface area contributed by atoms with Crippen LogP contribution in [0.25, 0.3) is 0 Å². The second kappa shape index (κ2) is 6.25. The van der Waals surface area contributed by atoms with Crippen molar-refractivity contribution in [3.63, 3.8) is 0 Å². The Balaban J connectivity index is 2.36. The molecule has 0 radical (unpaired) electrons. The Morgan fingerprint density at radius 1 is 1.25 bits per heavy atom. The van der Waals surface area contributed by atoms with Gasteiger partial charge in [-0.2, -0.15) is 0 Å². The minimum absolute atomic E-state index is 0.0946. The van der Waals surface area contributed by atoms with E-state index in [2.05, 4.69) is 4.90 Å². The van der Waals surface area contributed by atoms with Crippen molar-refractivity contribution in [1.29, 1.82) is 0 Å². The predicted octanol–water partition coefficient (Wildman–Crippen LogP) is 3.92. The molecule has 0 bridgehead atoms. The Morgan fingerprint density at radius 3 is 2.55 bits per heavy atom. The third-order valence-corrected chi connectivity index (χ3v) is 3.82. The fourth-order valence-electron chi connectivity index (χ4n) is 2.36. The molecular weight excluding hydrogens is 275 g/mol. The molecule has 0 aliphatic heterocycles. The second-order valence-corrected chi connectivity index (χ2v) is 5.23. The van der Waals surface area contributed by atoms with E-state index in [4.69, 9.17) is 17.3 Å². The molecule has 0 amide bonds. The Labute approximate surface area is 124 Å². The van der Waals surface area contributed by atoms with Crippen LogP contribution >= 0.6 is 11.6 Å². The molecule has 2 nitrogen and oxygen atoms in total. The van der Waals surface area contributed by atoms with Gasteiger partial charge in [0.1, 0.15) is 5.82 Å². The van der Waals surface area contributed by atoms with Crippen molar-refractivity contribution in [2.45, 2.75) is 13.0 Å². The van der Waals surface area contributed by atoms with Crippen LogP contribution in [-0.2, 0) is 0 Å². The van der Waals surface area contributed by atoms with E-state index in [1.165, 1.54) is 6.07 Å². The molecule has 0 aliphatic rings. The van der Waals surface area contributed by atoms with Crippen LogP contribution in [0.5, 0.6) is 0 Å². The van der Waals surface area contributed by atoms with Crippen LogP contribution in [0.15, 0.2) is 42.5 Å². The molecule has 0 fully saturated rings. The number of rotatable bonds is 4. The summed E-state index contributed by atoms with van der Waals surface area (Å²) in [4.78, 5) is 2.07. The number of aryl methyl sites for hydroxylation is 1. The van der Waals surface area contributed by atoms with E-state index >= 15 is 0 Å². The van der Waals surface area contributed by atoms with E-state index in [1.807, 2.05) is 44.3 Å². The topological polar surface area (TPSA) is 29.3 Å². The monoisotopic (exact) mass is 292 g/mol. The summed E-state index contributed by atoms with van der Waals surface area (Å²) in [5.74, 6) is -0.416. The predicted molar refractivity (Wildman–Crippen MR) is 82.8 cm³/mol. The summed E-state index contributed by atoms with van der Waals surface area (Å²) in [6.07, 6.45) is 0. The number of halogens is 2. The van der Waals surface area contributed by atoms with Gasteiger partial charge in [-0.1, -0.05) is 35.9 Å². The first kappa shape index (κ1) is 14.8. The van der Waals surface area contributed by atoms with Crippen LogP contribution in [0.3, 0.4) is 0 Å². The average Bonchev–Trinajstić information content (AvgIpc) is 2.44. The normalized spacial score (nSPS) is 12.2. The Kier molecular flexibility index (Phi) is 4.63. The standard InChI is InChI=1S/C16H18ClFN2/c1-11-5-3-4-6-15(11)20(2)16(10-19)12-7-8-13(17)14(18)9-12/h3-9,16H,10,19H2,1-2H3. The van der Waals surface area contributed by atoms with Crippen molar-refractivity contribution in [3.8, 4) is 0 Å². The lowest BCUT2D eigenvalue weighted by molar-refractivity contribution is 0.615. The highest BCUT2D eigenvalue weighted by molar-refractivity contribution is 6.30. The van der Waals surface area contributed by atoms with Crippen LogP contribution in [0.4, 0.5) is 10.1 Å². The molecule has 0 aromatic heterocycles. The van der Waals surface area contributed by atoms with Gasteiger partial charge in [0.05, 0.1) is 11.1 Å². The molecule has 0 spiro atoms. The molecule has 1 unspecified atom stereocenters. The van der Waals surface area contributed by atoms with Gasteiger partial charge in [0, 0.05) is 19.3 Å². The van der Waals surface area contributed by atoms with Crippen LogP contribution in [0, 0.1) is 12.7 Å². The van der Waals surface area contributed by atoms with Crippen molar-refractivity contribution in [3.05, 3.63) is 64.4 Å². The first-order valence-corrected chi connectivity index (χ1v) is 6.86. The molecule has 2 rings (SSSR count). The maximum atomic E-state index is 13.6. The van der Waals surface area contributed by atoms with E-state index in [1.54, 1.807) is 6.07 Å². The molecule has 0 saturated heterocycles. The summed E-state index contributed by atoms with van der Waals surface area (Å²) in [7, 11) is 1.96. The molecule has 2 aromatic carbocycles. The summed E-state index contributed by atoms with van der Waals surface area (Å²) in [5.41, 5.74) is 8.94. The lowest BCUT2D eigenvalue weighted by Crippen LogP contribution is -2.31. The lowest BCUT2D eigenvalue weighted by Gasteiger charge is -2.30. The quantitative estimate of drug-likeness (QED) is 0.925. The summed E-state index contributed by atoms with van der Waals surface area (Å²) < 4.78 is 13.6. The molecule has 0 aliphatic carbocycles. The van der Waals surface area contributed by atoms with Gasteiger partial charge in [0.2, 0.25) is 0 Å². The lowest BCUT2D eigenvalue weighted by atomic mass is 10.0. The Bertz CT molecular complexity index is 601. The van der Waals surface area contributed by atoms with E-state index in [-0.39, 0.29) is 11.1 Å². The zero-order valence-corrected chi connectivity index (χ0v) is 12.4. The zero-order chi connectivity index (χ0) is 14.7. The van der Waals surface area contributed by atoms with Gasteiger partial charge >= 0.3 is 0 Å². The van der Waals surface area contributed by atoms with Crippen molar-refractivity contribution in [2.75, 3.05) is 18.5 Å². The number of nitrogens with two attached hydrogens (primary N) is 1. The smallest absolute Gasteiger partial charge is 0.142 e. The van der Waals surface area contributed by atoms with E-state index in [0.717, 1.165) is 16.8 Å². The summed E-state index contributed by atoms with van der Waals surface area (Å²) in [5, 5.41) is 0.128. The molecular formula is C16H18ClFN2. The number of anilines is 1. The van der Waals surface area contributed by atoms with Gasteiger partial charge in [-0.25, -0.2) is 4.39 Å². The summed E-state index contributed by atoms with van der Waals surface area (Å²) >= 11 is 5.73. The number of benzene rings is 2. The van der Waals surface area contributed by atoms with Crippen molar-refractivity contribution in [2.24, 2.45) is 5.73 Å². The molecule has 106 valence electrons. The second-order valence-electron chi connectivity index (χ2n) is 4.82. The molecule has 20 heavy (non-hydrogen) atoms. The van der Waals surface area contributed by atoms with Crippen molar-refractivity contribution >= 4 is 17.3 Å². The van der Waals surface area contributed by atoms with Crippen molar-refractivity contribution < 1.29 is 4.39 Å². The van der Waals surface area contributed by atoms with Crippen LogP contribution < -0.4 is 10.6 Å². The summed E-state index contributed by atoms with van der Waals surface area (Å²) in [6, 6.07) is 12.8. The first-order valence-electron chi connectivity index (χ1n) is 6.48. The number of hydrogen-bond donors (Lipinski definition) is 1. The minimum atomic E-state index is -0.416. The van der Waals surface area contributed by atoms with Gasteiger partial charge in [0.25, 0.3) is 0 Å². The zero-order valence-electron chi connectivity index (χ0n) is 11.6. The third-order valence-electron chi connectivity index (χ3n) is 3.51. The summed E-state index contributed by atoms with van der Waals surface area (Å²) in [6.45, 7) is 2.44. The number of hydrogen-bond acceptors (Lipinski definition) is 2.